The van der Waals surface area contributed by atoms with Crippen molar-refractivity contribution in [3.8, 4) is 0 Å². The van der Waals surface area contributed by atoms with Gasteiger partial charge in [0.1, 0.15) is 0 Å². The summed E-state index contributed by atoms with van der Waals surface area (Å²) in [7, 11) is 0. The number of rotatable bonds is 3. The Morgan fingerprint density at radius 3 is 2.61 bits per heavy atom. The molecule has 2 rings (SSSR count). The van der Waals surface area contributed by atoms with Gasteiger partial charge >= 0.3 is 0 Å². The Labute approximate surface area is 112 Å². The molecule has 0 aliphatic rings. The Kier molecular flexibility index (Phi) is 3.61. The van der Waals surface area contributed by atoms with E-state index in [0.29, 0.717) is 0 Å². The van der Waals surface area contributed by atoms with Crippen LogP contribution in [0.2, 0.25) is 0 Å². The average molecular weight is 311 g/mol. The van der Waals surface area contributed by atoms with Crippen LogP contribution in [0.15, 0.2) is 33.4 Å². The van der Waals surface area contributed by atoms with Crippen LogP contribution in [0.25, 0.3) is 0 Å². The standard InChI is InChI=1S/C11H11BrN4O2/c1-6(7-2-4-8(12)5-3-7)14-11(17)9-10(13)16-18-15-9/h2-6H,1H3,(H2,13,16)(H,14,17)/t6-/m1/s1. The topological polar surface area (TPSA) is 94.0 Å². The number of nitrogens with one attached hydrogen (secondary N) is 1. The van der Waals surface area contributed by atoms with Crippen LogP contribution in [0, 0.1) is 0 Å². The van der Waals surface area contributed by atoms with E-state index >= 15 is 0 Å². The molecule has 0 spiro atoms. The minimum absolute atomic E-state index is 0.000961. The number of carbonyl (C=O) groups is 1. The van der Waals surface area contributed by atoms with Crippen LogP contribution in [0.3, 0.4) is 0 Å². The number of amides is 1. The Bertz CT molecular complexity index is 552. The maximum atomic E-state index is 11.8. The van der Waals surface area contributed by atoms with Crippen LogP contribution in [-0.2, 0) is 0 Å². The Hall–Kier alpha value is -1.89. The van der Waals surface area contributed by atoms with Crippen molar-refractivity contribution in [2.45, 2.75) is 13.0 Å². The third kappa shape index (κ3) is 2.67. The van der Waals surface area contributed by atoms with E-state index in [1.165, 1.54) is 0 Å². The molecule has 0 aliphatic heterocycles. The highest BCUT2D eigenvalue weighted by Crippen LogP contribution is 2.17. The van der Waals surface area contributed by atoms with Crippen molar-refractivity contribution in [3.05, 3.63) is 40.0 Å². The number of halogens is 1. The average Bonchev–Trinajstić information content (AvgIpc) is 2.76. The van der Waals surface area contributed by atoms with E-state index in [9.17, 15) is 4.79 Å². The first-order valence-electron chi connectivity index (χ1n) is 5.22. The zero-order valence-electron chi connectivity index (χ0n) is 9.55. The number of hydrogen-bond acceptors (Lipinski definition) is 5. The molecule has 3 N–H and O–H groups in total. The molecule has 1 aromatic heterocycles. The molecular weight excluding hydrogens is 300 g/mol. The zero-order chi connectivity index (χ0) is 13.1. The summed E-state index contributed by atoms with van der Waals surface area (Å²) in [5.74, 6) is -0.431. The molecule has 94 valence electrons. The van der Waals surface area contributed by atoms with Gasteiger partial charge in [0, 0.05) is 4.47 Å². The van der Waals surface area contributed by atoms with E-state index in [2.05, 4.69) is 36.2 Å². The van der Waals surface area contributed by atoms with Gasteiger partial charge in [0.25, 0.3) is 5.91 Å². The van der Waals surface area contributed by atoms with Crippen molar-refractivity contribution in [1.29, 1.82) is 0 Å². The first-order valence-corrected chi connectivity index (χ1v) is 6.01. The molecule has 1 heterocycles. The fourth-order valence-electron chi connectivity index (χ4n) is 1.45. The quantitative estimate of drug-likeness (QED) is 0.903. The van der Waals surface area contributed by atoms with Crippen molar-refractivity contribution in [2.24, 2.45) is 0 Å². The van der Waals surface area contributed by atoms with Crippen molar-refractivity contribution in [2.75, 3.05) is 5.73 Å². The highest BCUT2D eigenvalue weighted by atomic mass is 79.9. The van der Waals surface area contributed by atoms with Crippen LogP contribution in [0.1, 0.15) is 29.0 Å². The molecule has 0 unspecified atom stereocenters. The number of hydrogen-bond donors (Lipinski definition) is 2. The number of benzene rings is 1. The SMILES string of the molecule is C[C@@H](NC(=O)c1nonc1N)c1ccc(Br)cc1. The van der Waals surface area contributed by atoms with E-state index < -0.39 is 5.91 Å². The van der Waals surface area contributed by atoms with Crippen molar-refractivity contribution in [1.82, 2.24) is 15.6 Å². The highest BCUT2D eigenvalue weighted by molar-refractivity contribution is 9.10. The van der Waals surface area contributed by atoms with E-state index in [1.807, 2.05) is 31.2 Å². The van der Waals surface area contributed by atoms with E-state index in [0.717, 1.165) is 10.0 Å². The largest absolute Gasteiger partial charge is 0.379 e. The Morgan fingerprint density at radius 1 is 1.39 bits per heavy atom. The van der Waals surface area contributed by atoms with Crippen LogP contribution in [0.5, 0.6) is 0 Å². The minimum Gasteiger partial charge on any atom is -0.379 e. The second-order valence-corrected chi connectivity index (χ2v) is 4.66. The summed E-state index contributed by atoms with van der Waals surface area (Å²) in [4.78, 5) is 11.8. The molecular formula is C11H11BrN4O2. The number of aromatic nitrogens is 2. The lowest BCUT2D eigenvalue weighted by atomic mass is 10.1. The molecule has 0 saturated carbocycles. The number of anilines is 1. The second kappa shape index (κ2) is 5.18. The smallest absolute Gasteiger partial charge is 0.277 e. The number of carbonyl (C=O) groups excluding carboxylic acids is 1. The highest BCUT2D eigenvalue weighted by Gasteiger charge is 2.18. The summed E-state index contributed by atoms with van der Waals surface area (Å²) in [6.45, 7) is 1.87. The molecule has 0 fully saturated rings. The lowest BCUT2D eigenvalue weighted by Gasteiger charge is -2.13. The molecule has 0 saturated heterocycles. The maximum absolute atomic E-state index is 11.8. The first-order chi connectivity index (χ1) is 8.58. The second-order valence-electron chi connectivity index (χ2n) is 3.74. The molecule has 6 nitrogen and oxygen atoms in total. The van der Waals surface area contributed by atoms with Gasteiger partial charge < -0.3 is 11.1 Å². The van der Waals surface area contributed by atoms with Gasteiger partial charge in [-0.25, -0.2) is 4.63 Å². The minimum atomic E-state index is -0.413. The molecule has 0 radical (unpaired) electrons. The lowest BCUT2D eigenvalue weighted by Crippen LogP contribution is -2.27. The molecule has 7 heteroatoms. The summed E-state index contributed by atoms with van der Waals surface area (Å²) in [5.41, 5.74) is 6.41. The van der Waals surface area contributed by atoms with Gasteiger partial charge in [-0.1, -0.05) is 28.1 Å². The fraction of sp³-hybridized carbons (Fsp3) is 0.182. The number of nitrogens with two attached hydrogens (primary N) is 1. The number of nitrogen functional groups attached to an aromatic ring is 1. The predicted molar refractivity (Wildman–Crippen MR) is 68.7 cm³/mol. The van der Waals surface area contributed by atoms with Crippen LogP contribution in [0.4, 0.5) is 5.82 Å². The van der Waals surface area contributed by atoms with Gasteiger partial charge in [0.05, 0.1) is 6.04 Å². The van der Waals surface area contributed by atoms with Crippen LogP contribution >= 0.6 is 15.9 Å². The molecule has 0 aliphatic carbocycles. The van der Waals surface area contributed by atoms with Crippen molar-refractivity contribution >= 4 is 27.7 Å². The first kappa shape index (κ1) is 12.6. The van der Waals surface area contributed by atoms with Gasteiger partial charge in [-0.15, -0.1) is 0 Å². The zero-order valence-corrected chi connectivity index (χ0v) is 11.1. The van der Waals surface area contributed by atoms with Gasteiger partial charge in [0.15, 0.2) is 0 Å². The molecule has 1 amide bonds. The normalized spacial score (nSPS) is 12.1. The molecule has 1 atom stereocenters. The summed E-state index contributed by atoms with van der Waals surface area (Å²) in [6, 6.07) is 7.48. The van der Waals surface area contributed by atoms with E-state index in [1.54, 1.807) is 0 Å². The Morgan fingerprint density at radius 2 is 2.06 bits per heavy atom. The molecule has 0 bridgehead atoms. The summed E-state index contributed by atoms with van der Waals surface area (Å²) >= 11 is 3.35. The van der Waals surface area contributed by atoms with E-state index in [4.69, 9.17) is 5.73 Å². The van der Waals surface area contributed by atoms with Crippen LogP contribution < -0.4 is 11.1 Å². The van der Waals surface area contributed by atoms with Crippen molar-refractivity contribution < 1.29 is 9.42 Å². The van der Waals surface area contributed by atoms with Gasteiger partial charge in [-0.05, 0) is 34.9 Å². The maximum Gasteiger partial charge on any atom is 0.277 e. The van der Waals surface area contributed by atoms with E-state index in [-0.39, 0.29) is 17.6 Å². The molecule has 1 aromatic carbocycles. The van der Waals surface area contributed by atoms with Crippen LogP contribution in [-0.4, -0.2) is 16.2 Å². The summed E-state index contributed by atoms with van der Waals surface area (Å²) < 4.78 is 5.36. The van der Waals surface area contributed by atoms with Gasteiger partial charge in [-0.2, -0.15) is 0 Å². The fourth-order valence-corrected chi connectivity index (χ4v) is 1.72. The molecule has 2 aromatic rings. The summed E-state index contributed by atoms with van der Waals surface area (Å²) in [5, 5.41) is 9.56. The van der Waals surface area contributed by atoms with Crippen molar-refractivity contribution in [3.63, 3.8) is 0 Å². The molecule has 18 heavy (non-hydrogen) atoms. The third-order valence-corrected chi connectivity index (χ3v) is 2.98. The monoisotopic (exact) mass is 310 g/mol. The summed E-state index contributed by atoms with van der Waals surface area (Å²) in [6.07, 6.45) is 0. The van der Waals surface area contributed by atoms with Gasteiger partial charge in [0.2, 0.25) is 11.5 Å². The third-order valence-electron chi connectivity index (χ3n) is 2.45. The Balaban J connectivity index is 2.08. The number of nitrogens with zero attached hydrogens (tertiary/aromatic N) is 2. The lowest BCUT2D eigenvalue weighted by molar-refractivity contribution is 0.0930. The van der Waals surface area contributed by atoms with Gasteiger partial charge in [-0.3, -0.25) is 4.79 Å². The predicted octanol–water partition coefficient (Wildman–Crippen LogP) is 1.91.